The Morgan fingerprint density at radius 1 is 1.18 bits per heavy atom. The number of aryl methyl sites for hydroxylation is 1. The first-order valence-electron chi connectivity index (χ1n) is 11.4. The fraction of sp³-hybridized carbons (Fsp3) is 0.308. The average molecular weight is 461 g/mol. The lowest BCUT2D eigenvalue weighted by molar-refractivity contribution is -0.00393. The van der Waals surface area contributed by atoms with Gasteiger partial charge in [0.2, 0.25) is 5.84 Å². The smallest absolute Gasteiger partial charge is 0.211 e. The van der Waals surface area contributed by atoms with Crippen molar-refractivity contribution in [1.82, 2.24) is 14.5 Å². The van der Waals surface area contributed by atoms with Gasteiger partial charge in [-0.15, -0.1) is 0 Å². The van der Waals surface area contributed by atoms with Crippen LogP contribution < -0.4 is 4.74 Å². The number of aromatic nitrogens is 2. The zero-order valence-electron chi connectivity index (χ0n) is 19.1. The molecule has 3 heterocycles. The van der Waals surface area contributed by atoms with E-state index in [0.29, 0.717) is 18.2 Å². The Balaban J connectivity index is 1.36. The van der Waals surface area contributed by atoms with Gasteiger partial charge in [-0.3, -0.25) is 0 Å². The largest absolute Gasteiger partial charge is 0.495 e. The molecule has 34 heavy (non-hydrogen) atoms. The molecule has 1 spiro atoms. The van der Waals surface area contributed by atoms with Crippen LogP contribution >= 0.6 is 0 Å². The predicted octanol–water partition coefficient (Wildman–Crippen LogP) is 4.62. The topological polar surface area (TPSA) is 61.1 Å². The summed E-state index contributed by atoms with van der Waals surface area (Å²) in [5.74, 6) is 1.81. The lowest BCUT2D eigenvalue weighted by Crippen LogP contribution is -2.51. The van der Waals surface area contributed by atoms with Crippen LogP contribution in [0.1, 0.15) is 35.7 Å². The van der Waals surface area contributed by atoms with Crippen molar-refractivity contribution in [3.63, 3.8) is 0 Å². The molecule has 1 atom stereocenters. The minimum absolute atomic E-state index is 0.0562. The number of imidazole rings is 1. The highest BCUT2D eigenvalue weighted by atomic mass is 19.1. The summed E-state index contributed by atoms with van der Waals surface area (Å²) in [6.07, 6.45) is 7.69. The molecule has 0 N–H and O–H groups in total. The van der Waals surface area contributed by atoms with Crippen LogP contribution in [0.25, 0.3) is 11.8 Å². The summed E-state index contributed by atoms with van der Waals surface area (Å²) in [6, 6.07) is 12.5. The van der Waals surface area contributed by atoms with Crippen molar-refractivity contribution in [2.24, 2.45) is 5.16 Å². The van der Waals surface area contributed by atoms with Crippen LogP contribution in [0.4, 0.5) is 4.39 Å². The third-order valence-corrected chi connectivity index (χ3v) is 6.59. The standard InChI is InChI=1S/C26H25FN4O3/c1-17-13-30(16-28-17)21-8-3-18(11-23(21)32-2)12-24-25-29-33-14-22(19-4-6-20(27)7-5-19)31(25)15-26(34-24)9-10-26/h3-8,11-13,16,22H,9-10,14-15H2,1-2H3/b24-12-. The zero-order chi connectivity index (χ0) is 23.3. The molecule has 0 bridgehead atoms. The number of rotatable bonds is 4. The van der Waals surface area contributed by atoms with Gasteiger partial charge in [-0.05, 0) is 61.2 Å². The van der Waals surface area contributed by atoms with E-state index < -0.39 is 0 Å². The minimum atomic E-state index is -0.251. The van der Waals surface area contributed by atoms with Crippen molar-refractivity contribution in [3.05, 3.63) is 83.4 Å². The SMILES string of the molecule is COc1cc(/C=C2\OC3(CC3)CN3C2=NOCC3c2ccc(F)cc2)ccc1-n1cnc(C)c1. The van der Waals surface area contributed by atoms with Crippen LogP contribution in [0.3, 0.4) is 0 Å². The Morgan fingerprint density at radius 3 is 2.71 bits per heavy atom. The molecule has 1 saturated heterocycles. The van der Waals surface area contributed by atoms with Crippen molar-refractivity contribution in [1.29, 1.82) is 0 Å². The molecule has 2 aromatic carbocycles. The Morgan fingerprint density at radius 2 is 2.00 bits per heavy atom. The number of halogens is 1. The summed E-state index contributed by atoms with van der Waals surface area (Å²) in [6.45, 7) is 3.09. The number of amidine groups is 1. The van der Waals surface area contributed by atoms with E-state index in [-0.39, 0.29) is 17.5 Å². The van der Waals surface area contributed by atoms with Gasteiger partial charge in [0, 0.05) is 6.20 Å². The Hall–Kier alpha value is -3.81. The fourth-order valence-corrected chi connectivity index (χ4v) is 4.61. The molecule has 1 aromatic heterocycles. The maximum atomic E-state index is 13.5. The number of ether oxygens (including phenoxy) is 2. The number of nitrogens with zero attached hydrogens (tertiary/aromatic N) is 4. The summed E-state index contributed by atoms with van der Waals surface area (Å²) in [5.41, 5.74) is 3.55. The van der Waals surface area contributed by atoms with E-state index >= 15 is 0 Å². The van der Waals surface area contributed by atoms with Crippen LogP contribution in [0.2, 0.25) is 0 Å². The Labute approximate surface area is 197 Å². The highest BCUT2D eigenvalue weighted by Gasteiger charge is 2.54. The van der Waals surface area contributed by atoms with Crippen LogP contribution in [0.5, 0.6) is 5.75 Å². The van der Waals surface area contributed by atoms with Crippen LogP contribution in [0.15, 0.2) is 65.9 Å². The van der Waals surface area contributed by atoms with Crippen molar-refractivity contribution in [2.75, 3.05) is 20.3 Å². The second-order valence-electron chi connectivity index (χ2n) is 9.05. The second kappa shape index (κ2) is 7.90. The number of fused-ring (bicyclic) bond motifs is 1. The van der Waals surface area contributed by atoms with Crippen molar-refractivity contribution >= 4 is 11.9 Å². The maximum Gasteiger partial charge on any atom is 0.211 e. The van der Waals surface area contributed by atoms with Crippen molar-refractivity contribution in [2.45, 2.75) is 31.4 Å². The lowest BCUT2D eigenvalue weighted by atomic mass is 10.0. The molecular formula is C26H25FN4O3. The third-order valence-electron chi connectivity index (χ3n) is 6.59. The van der Waals surface area contributed by atoms with E-state index in [1.807, 2.05) is 54.1 Å². The van der Waals surface area contributed by atoms with Gasteiger partial charge < -0.3 is 23.8 Å². The molecule has 1 unspecified atom stereocenters. The molecule has 174 valence electrons. The van der Waals surface area contributed by atoms with Gasteiger partial charge in [0.1, 0.15) is 23.8 Å². The summed E-state index contributed by atoms with van der Waals surface area (Å²) < 4.78 is 27.6. The van der Waals surface area contributed by atoms with Gasteiger partial charge >= 0.3 is 0 Å². The van der Waals surface area contributed by atoms with Crippen LogP contribution in [0, 0.1) is 12.7 Å². The molecule has 3 aromatic rings. The van der Waals surface area contributed by atoms with Crippen LogP contribution in [-0.4, -0.2) is 46.1 Å². The molecule has 2 aliphatic heterocycles. The van der Waals surface area contributed by atoms with Crippen molar-refractivity contribution < 1.29 is 18.7 Å². The highest BCUT2D eigenvalue weighted by molar-refractivity contribution is 6.01. The van der Waals surface area contributed by atoms with E-state index in [2.05, 4.69) is 15.0 Å². The first kappa shape index (κ1) is 20.8. The molecule has 8 heteroatoms. The van der Waals surface area contributed by atoms with Gasteiger partial charge in [-0.25, -0.2) is 9.37 Å². The number of hydrogen-bond acceptors (Lipinski definition) is 6. The quantitative estimate of drug-likeness (QED) is 0.569. The van der Waals surface area contributed by atoms with E-state index in [4.69, 9.17) is 14.3 Å². The molecule has 1 aliphatic carbocycles. The summed E-state index contributed by atoms with van der Waals surface area (Å²) in [5, 5.41) is 4.36. The molecular weight excluding hydrogens is 435 g/mol. The monoisotopic (exact) mass is 460 g/mol. The predicted molar refractivity (Wildman–Crippen MR) is 125 cm³/mol. The average Bonchev–Trinajstić information content (AvgIpc) is 3.44. The molecule has 7 nitrogen and oxygen atoms in total. The van der Waals surface area contributed by atoms with Gasteiger partial charge in [-0.2, -0.15) is 0 Å². The molecule has 0 radical (unpaired) electrons. The second-order valence-corrected chi connectivity index (χ2v) is 9.05. The summed E-state index contributed by atoms with van der Waals surface area (Å²) >= 11 is 0. The number of methoxy groups -OCH3 is 1. The summed E-state index contributed by atoms with van der Waals surface area (Å²) in [4.78, 5) is 12.2. The number of benzene rings is 2. The van der Waals surface area contributed by atoms with E-state index in [0.717, 1.165) is 47.6 Å². The zero-order valence-corrected chi connectivity index (χ0v) is 19.1. The molecule has 2 fully saturated rings. The first-order valence-corrected chi connectivity index (χ1v) is 11.4. The molecule has 0 amide bonds. The Bertz CT molecular complexity index is 1290. The maximum absolute atomic E-state index is 13.5. The van der Waals surface area contributed by atoms with Gasteiger partial charge in [0.15, 0.2) is 5.76 Å². The van der Waals surface area contributed by atoms with Crippen LogP contribution in [-0.2, 0) is 9.57 Å². The van der Waals surface area contributed by atoms with E-state index in [9.17, 15) is 4.39 Å². The number of oxime groups is 1. The number of morpholine rings is 1. The first-order chi connectivity index (χ1) is 16.5. The number of hydrogen-bond donors (Lipinski definition) is 0. The molecule has 6 rings (SSSR count). The van der Waals surface area contributed by atoms with Gasteiger partial charge in [-0.1, -0.05) is 23.4 Å². The lowest BCUT2D eigenvalue weighted by Gasteiger charge is -2.43. The summed E-state index contributed by atoms with van der Waals surface area (Å²) in [7, 11) is 1.66. The molecule has 3 aliphatic rings. The van der Waals surface area contributed by atoms with Gasteiger partial charge in [0.25, 0.3) is 0 Å². The van der Waals surface area contributed by atoms with Gasteiger partial charge in [0.05, 0.1) is 37.4 Å². The normalized spacial score (nSPS) is 21.5. The van der Waals surface area contributed by atoms with E-state index in [1.165, 1.54) is 12.1 Å². The fourth-order valence-electron chi connectivity index (χ4n) is 4.61. The third kappa shape index (κ3) is 3.69. The minimum Gasteiger partial charge on any atom is -0.495 e. The van der Waals surface area contributed by atoms with E-state index in [1.54, 1.807) is 13.4 Å². The Kier molecular flexibility index (Phi) is 4.83. The molecule has 1 saturated carbocycles. The highest BCUT2D eigenvalue weighted by Crippen LogP contribution is 2.48. The van der Waals surface area contributed by atoms with Crippen molar-refractivity contribution in [3.8, 4) is 11.4 Å².